The van der Waals surface area contributed by atoms with Gasteiger partial charge >= 0.3 is 0 Å². The lowest BCUT2D eigenvalue weighted by Gasteiger charge is -2.23. The Morgan fingerprint density at radius 2 is 2.14 bits per heavy atom. The van der Waals surface area contributed by atoms with Crippen LogP contribution in [-0.2, 0) is 7.05 Å². The number of likely N-dealkylation sites (tertiary alicyclic amines) is 1. The third-order valence-electron chi connectivity index (χ3n) is 4.21. The van der Waals surface area contributed by atoms with E-state index < -0.39 is 0 Å². The first-order valence-electron chi connectivity index (χ1n) is 7.22. The second kappa shape index (κ2) is 5.26. The minimum atomic E-state index is 0.0891. The minimum Gasteiger partial charge on any atom is -0.330 e. The molecule has 112 valence electrons. The van der Waals surface area contributed by atoms with Crippen LogP contribution in [0.2, 0.25) is 0 Å². The molecule has 1 saturated heterocycles. The molecule has 0 aromatic carbocycles. The molecule has 0 radical (unpaired) electrons. The zero-order valence-electron chi connectivity index (χ0n) is 12.9. The van der Waals surface area contributed by atoms with Crippen molar-refractivity contribution in [3.8, 4) is 0 Å². The van der Waals surface area contributed by atoms with Crippen molar-refractivity contribution in [2.45, 2.75) is 39.7 Å². The van der Waals surface area contributed by atoms with Crippen molar-refractivity contribution >= 4 is 17.2 Å². The van der Waals surface area contributed by atoms with E-state index in [-0.39, 0.29) is 11.9 Å². The SMILES string of the molecule is Cc1nc([C@H]2CCCN2C(=O)c2c(C)nn(C)c2C)cs1. The molecule has 0 N–H and O–H groups in total. The van der Waals surface area contributed by atoms with Crippen molar-refractivity contribution in [2.75, 3.05) is 6.54 Å². The van der Waals surface area contributed by atoms with Crippen LogP contribution in [-0.4, -0.2) is 32.1 Å². The molecular weight excluding hydrogens is 284 g/mol. The summed E-state index contributed by atoms with van der Waals surface area (Å²) in [5.41, 5.74) is 3.51. The first-order valence-corrected chi connectivity index (χ1v) is 8.10. The summed E-state index contributed by atoms with van der Waals surface area (Å²) in [6.07, 6.45) is 2.03. The molecule has 0 unspecified atom stereocenters. The number of thiazole rings is 1. The monoisotopic (exact) mass is 304 g/mol. The Labute approximate surface area is 128 Å². The summed E-state index contributed by atoms with van der Waals surface area (Å²) >= 11 is 1.65. The fraction of sp³-hybridized carbons (Fsp3) is 0.533. The van der Waals surface area contributed by atoms with Gasteiger partial charge < -0.3 is 4.90 Å². The highest BCUT2D eigenvalue weighted by molar-refractivity contribution is 7.09. The molecule has 2 aromatic rings. The van der Waals surface area contributed by atoms with Gasteiger partial charge in [0.05, 0.1) is 28.0 Å². The number of nitrogens with zero attached hydrogens (tertiary/aromatic N) is 4. The highest BCUT2D eigenvalue weighted by atomic mass is 32.1. The number of hydrogen-bond donors (Lipinski definition) is 0. The Morgan fingerprint density at radius 3 is 2.71 bits per heavy atom. The van der Waals surface area contributed by atoms with E-state index in [1.165, 1.54) is 0 Å². The summed E-state index contributed by atoms with van der Waals surface area (Å²) < 4.78 is 1.78. The normalized spacial score (nSPS) is 18.5. The quantitative estimate of drug-likeness (QED) is 0.857. The molecule has 21 heavy (non-hydrogen) atoms. The Balaban J connectivity index is 1.93. The third kappa shape index (κ3) is 2.37. The van der Waals surface area contributed by atoms with Gasteiger partial charge in [-0.2, -0.15) is 5.10 Å². The fourth-order valence-electron chi connectivity index (χ4n) is 3.08. The molecule has 0 spiro atoms. The number of aromatic nitrogens is 3. The maximum absolute atomic E-state index is 12.9. The summed E-state index contributed by atoms with van der Waals surface area (Å²) in [6.45, 7) is 6.65. The van der Waals surface area contributed by atoms with Crippen LogP contribution in [0.15, 0.2) is 5.38 Å². The smallest absolute Gasteiger partial charge is 0.258 e. The molecular formula is C15H20N4OS. The van der Waals surface area contributed by atoms with E-state index in [2.05, 4.69) is 15.5 Å². The summed E-state index contributed by atoms with van der Waals surface area (Å²) in [5.74, 6) is 0.0891. The van der Waals surface area contributed by atoms with Crippen molar-refractivity contribution < 1.29 is 4.79 Å². The highest BCUT2D eigenvalue weighted by Gasteiger charge is 2.34. The Bertz CT molecular complexity index is 688. The van der Waals surface area contributed by atoms with Crippen LogP contribution in [0.3, 0.4) is 0 Å². The van der Waals surface area contributed by atoms with E-state index in [4.69, 9.17) is 0 Å². The van der Waals surface area contributed by atoms with Crippen molar-refractivity contribution in [1.82, 2.24) is 19.7 Å². The van der Waals surface area contributed by atoms with Crippen molar-refractivity contribution in [1.29, 1.82) is 0 Å². The second-order valence-electron chi connectivity index (χ2n) is 5.62. The van der Waals surface area contributed by atoms with E-state index in [0.29, 0.717) is 0 Å². The summed E-state index contributed by atoms with van der Waals surface area (Å²) in [5, 5.41) is 7.49. The van der Waals surface area contributed by atoms with Gasteiger partial charge in [0.15, 0.2) is 0 Å². The van der Waals surface area contributed by atoms with Crippen LogP contribution >= 0.6 is 11.3 Å². The average Bonchev–Trinajstić information content (AvgIpc) is 3.10. The van der Waals surface area contributed by atoms with Gasteiger partial charge in [-0.05, 0) is 33.6 Å². The molecule has 3 heterocycles. The second-order valence-corrected chi connectivity index (χ2v) is 6.68. The molecule has 1 atom stereocenters. The van der Waals surface area contributed by atoms with Gasteiger partial charge in [0.1, 0.15) is 0 Å². The lowest BCUT2D eigenvalue weighted by Crippen LogP contribution is -2.31. The minimum absolute atomic E-state index is 0.0891. The van der Waals surface area contributed by atoms with E-state index in [1.807, 2.05) is 32.7 Å². The summed E-state index contributed by atoms with van der Waals surface area (Å²) in [6, 6.07) is 0.112. The van der Waals surface area contributed by atoms with Crippen LogP contribution in [0.4, 0.5) is 0 Å². The molecule has 2 aromatic heterocycles. The average molecular weight is 304 g/mol. The molecule has 0 saturated carbocycles. The number of carbonyl (C=O) groups is 1. The van der Waals surface area contributed by atoms with Gasteiger partial charge in [0.25, 0.3) is 5.91 Å². The lowest BCUT2D eigenvalue weighted by atomic mass is 10.1. The van der Waals surface area contributed by atoms with Crippen molar-refractivity contribution in [2.24, 2.45) is 7.05 Å². The predicted molar refractivity (Wildman–Crippen MR) is 82.5 cm³/mol. The van der Waals surface area contributed by atoms with E-state index in [9.17, 15) is 4.79 Å². The number of amides is 1. The molecule has 3 rings (SSSR count). The van der Waals surface area contributed by atoms with Gasteiger partial charge in [-0.15, -0.1) is 11.3 Å². The summed E-state index contributed by atoms with van der Waals surface area (Å²) in [7, 11) is 1.88. The molecule has 1 aliphatic rings. The molecule has 1 amide bonds. The van der Waals surface area contributed by atoms with Gasteiger partial charge in [0, 0.05) is 24.7 Å². The number of carbonyl (C=O) groups excluding carboxylic acids is 1. The van der Waals surface area contributed by atoms with Gasteiger partial charge in [-0.1, -0.05) is 0 Å². The predicted octanol–water partition coefficient (Wildman–Crippen LogP) is 2.78. The van der Waals surface area contributed by atoms with Crippen molar-refractivity contribution in [3.63, 3.8) is 0 Å². The maximum atomic E-state index is 12.9. The molecule has 1 aliphatic heterocycles. The van der Waals surface area contributed by atoms with Gasteiger partial charge in [-0.25, -0.2) is 4.98 Å². The van der Waals surface area contributed by atoms with Crippen LogP contribution in [0.1, 0.15) is 51.3 Å². The molecule has 1 fully saturated rings. The first-order chi connectivity index (χ1) is 9.99. The Kier molecular flexibility index (Phi) is 3.57. The lowest BCUT2D eigenvalue weighted by molar-refractivity contribution is 0.0731. The zero-order chi connectivity index (χ0) is 15.1. The van der Waals surface area contributed by atoms with Crippen LogP contribution in [0.5, 0.6) is 0 Å². The largest absolute Gasteiger partial charge is 0.330 e. The van der Waals surface area contributed by atoms with Gasteiger partial charge in [0.2, 0.25) is 0 Å². The molecule has 0 aliphatic carbocycles. The number of hydrogen-bond acceptors (Lipinski definition) is 4. The molecule has 6 heteroatoms. The zero-order valence-corrected chi connectivity index (χ0v) is 13.7. The van der Waals surface area contributed by atoms with Crippen molar-refractivity contribution in [3.05, 3.63) is 33.0 Å². The Morgan fingerprint density at radius 1 is 1.38 bits per heavy atom. The Hall–Kier alpha value is -1.69. The van der Waals surface area contributed by atoms with Crippen LogP contribution in [0, 0.1) is 20.8 Å². The standard InChI is InChI=1S/C15H20N4OS/c1-9-14(10(2)18(4)17-9)15(20)19-7-5-6-13(19)12-8-21-11(3)16-12/h8,13H,5-7H2,1-4H3/t13-/m1/s1. The van der Waals surface area contributed by atoms with E-state index in [1.54, 1.807) is 16.0 Å². The highest BCUT2D eigenvalue weighted by Crippen LogP contribution is 2.34. The van der Waals surface area contributed by atoms with Crippen LogP contribution < -0.4 is 0 Å². The first kappa shape index (κ1) is 14.3. The molecule has 0 bridgehead atoms. The number of rotatable bonds is 2. The van der Waals surface area contributed by atoms with Crippen LogP contribution in [0.25, 0.3) is 0 Å². The van der Waals surface area contributed by atoms with E-state index in [0.717, 1.165) is 47.0 Å². The summed E-state index contributed by atoms with van der Waals surface area (Å²) in [4.78, 5) is 19.5. The fourth-order valence-corrected chi connectivity index (χ4v) is 3.74. The molecule has 5 nitrogen and oxygen atoms in total. The van der Waals surface area contributed by atoms with Gasteiger partial charge in [-0.3, -0.25) is 9.48 Å². The topological polar surface area (TPSA) is 51.0 Å². The van der Waals surface area contributed by atoms with E-state index >= 15 is 0 Å². The third-order valence-corrected chi connectivity index (χ3v) is 5.01. The maximum Gasteiger partial charge on any atom is 0.258 e. The number of aryl methyl sites for hydroxylation is 3.